The van der Waals surface area contributed by atoms with Gasteiger partial charge in [-0.25, -0.2) is 0 Å². The van der Waals surface area contributed by atoms with Crippen molar-refractivity contribution in [1.29, 1.82) is 0 Å². The monoisotopic (exact) mass is 227 g/mol. The lowest BCUT2D eigenvalue weighted by atomic mass is 9.98. The van der Waals surface area contributed by atoms with Crippen LogP contribution in [0.3, 0.4) is 0 Å². The first-order valence-electron chi connectivity index (χ1n) is 3.49. The summed E-state index contributed by atoms with van der Waals surface area (Å²) in [7, 11) is 0. The van der Waals surface area contributed by atoms with Gasteiger partial charge in [-0.1, -0.05) is 0 Å². The number of alkyl halides is 3. The van der Waals surface area contributed by atoms with Gasteiger partial charge in [0.2, 0.25) is 0 Å². The highest BCUT2D eigenvalue weighted by atomic mass is 35.5. The minimum absolute atomic E-state index is 0. The Morgan fingerprint density at radius 3 is 2.29 bits per heavy atom. The van der Waals surface area contributed by atoms with Crippen LogP contribution in [0.2, 0.25) is 0 Å². The van der Waals surface area contributed by atoms with Gasteiger partial charge in [0.25, 0.3) is 0 Å². The summed E-state index contributed by atoms with van der Waals surface area (Å²) in [5.41, 5.74) is 2.36. The van der Waals surface area contributed by atoms with E-state index in [0.29, 0.717) is 0 Å². The van der Waals surface area contributed by atoms with Gasteiger partial charge >= 0.3 is 6.18 Å². The Morgan fingerprint density at radius 2 is 1.93 bits per heavy atom. The van der Waals surface area contributed by atoms with Crippen LogP contribution in [-0.4, -0.2) is 16.4 Å². The highest BCUT2D eigenvalue weighted by Gasteiger charge is 2.50. The van der Waals surface area contributed by atoms with Gasteiger partial charge in [0.1, 0.15) is 0 Å². The molecule has 1 aromatic rings. The van der Waals surface area contributed by atoms with Crippen molar-refractivity contribution in [3.8, 4) is 0 Å². The highest BCUT2D eigenvalue weighted by molar-refractivity contribution is 5.85. The zero-order valence-corrected chi connectivity index (χ0v) is 8.06. The normalized spacial score (nSPS) is 15.5. The van der Waals surface area contributed by atoms with E-state index in [2.05, 4.69) is 10.2 Å². The minimum atomic E-state index is -4.52. The van der Waals surface area contributed by atoms with Crippen LogP contribution in [0.25, 0.3) is 0 Å². The molecule has 0 aliphatic heterocycles. The smallest absolute Gasteiger partial charge is 0.313 e. The van der Waals surface area contributed by atoms with E-state index < -0.39 is 11.7 Å². The second-order valence-electron chi connectivity index (χ2n) is 2.81. The predicted molar refractivity (Wildman–Crippen MR) is 46.9 cm³/mol. The average molecular weight is 228 g/mol. The van der Waals surface area contributed by atoms with Crippen LogP contribution in [0, 0.1) is 0 Å². The predicted octanol–water partition coefficient (Wildman–Crippen LogP) is 1.63. The van der Waals surface area contributed by atoms with Gasteiger partial charge in [0.15, 0.2) is 5.54 Å². The molecule has 0 bridgehead atoms. The Morgan fingerprint density at radius 1 is 1.36 bits per heavy atom. The van der Waals surface area contributed by atoms with Crippen molar-refractivity contribution in [2.75, 3.05) is 0 Å². The Labute approximate surface area is 84.9 Å². The highest BCUT2D eigenvalue weighted by Crippen LogP contribution is 2.34. The van der Waals surface area contributed by atoms with Crippen molar-refractivity contribution in [2.24, 2.45) is 5.73 Å². The molecule has 0 saturated heterocycles. The summed E-state index contributed by atoms with van der Waals surface area (Å²) in [6.45, 7) is 0.858. The molecule has 1 atom stereocenters. The molecule has 7 heteroatoms. The van der Waals surface area contributed by atoms with Crippen molar-refractivity contribution in [1.82, 2.24) is 10.2 Å². The van der Waals surface area contributed by atoms with Gasteiger partial charge < -0.3 is 5.73 Å². The van der Waals surface area contributed by atoms with Crippen molar-refractivity contribution in [3.05, 3.63) is 24.0 Å². The van der Waals surface area contributed by atoms with Crippen LogP contribution >= 0.6 is 12.4 Å². The Bertz CT molecular complexity index is 286. The van der Waals surface area contributed by atoms with Crippen LogP contribution in [0.5, 0.6) is 0 Å². The Balaban J connectivity index is 0.00000169. The van der Waals surface area contributed by atoms with E-state index in [1.807, 2.05) is 0 Å². The molecule has 1 aromatic heterocycles. The molecule has 80 valence electrons. The molecule has 0 aromatic carbocycles. The molecule has 0 fully saturated rings. The fraction of sp³-hybridized carbons (Fsp3) is 0.429. The molecule has 1 rings (SSSR count). The van der Waals surface area contributed by atoms with Gasteiger partial charge in [-0.05, 0) is 19.1 Å². The summed E-state index contributed by atoms with van der Waals surface area (Å²) < 4.78 is 37.0. The fourth-order valence-corrected chi connectivity index (χ4v) is 0.724. The molecule has 3 nitrogen and oxygen atoms in total. The van der Waals surface area contributed by atoms with Crippen molar-refractivity contribution in [3.63, 3.8) is 0 Å². The minimum Gasteiger partial charge on any atom is -0.313 e. The fourth-order valence-electron chi connectivity index (χ4n) is 0.724. The first-order valence-corrected chi connectivity index (χ1v) is 3.49. The van der Waals surface area contributed by atoms with Crippen LogP contribution in [0.1, 0.15) is 12.6 Å². The Kier molecular flexibility index (Phi) is 3.84. The number of nitrogens with two attached hydrogens (primary N) is 1. The van der Waals surface area contributed by atoms with E-state index >= 15 is 0 Å². The van der Waals surface area contributed by atoms with E-state index in [-0.39, 0.29) is 18.1 Å². The number of halogens is 4. The zero-order chi connectivity index (χ0) is 10.1. The quantitative estimate of drug-likeness (QED) is 0.794. The molecule has 0 aliphatic carbocycles. The maximum absolute atomic E-state index is 12.3. The van der Waals surface area contributed by atoms with E-state index in [0.717, 1.165) is 6.92 Å². The number of hydrogen-bond acceptors (Lipinski definition) is 3. The van der Waals surface area contributed by atoms with Crippen LogP contribution < -0.4 is 5.73 Å². The van der Waals surface area contributed by atoms with Gasteiger partial charge in [-0.15, -0.1) is 12.4 Å². The number of nitrogens with zero attached hydrogens (tertiary/aromatic N) is 2. The number of hydrogen-bond donors (Lipinski definition) is 1. The molecule has 1 unspecified atom stereocenters. The van der Waals surface area contributed by atoms with Crippen LogP contribution in [0.15, 0.2) is 18.3 Å². The third-order valence-electron chi connectivity index (χ3n) is 1.69. The summed E-state index contributed by atoms with van der Waals surface area (Å²) in [5.74, 6) is 0. The van der Waals surface area contributed by atoms with Crippen molar-refractivity contribution >= 4 is 12.4 Å². The summed E-state index contributed by atoms with van der Waals surface area (Å²) in [4.78, 5) is 0. The topological polar surface area (TPSA) is 51.8 Å². The summed E-state index contributed by atoms with van der Waals surface area (Å²) in [5, 5.41) is 6.66. The number of rotatable bonds is 1. The van der Waals surface area contributed by atoms with Crippen LogP contribution in [0.4, 0.5) is 13.2 Å². The van der Waals surface area contributed by atoms with E-state index in [9.17, 15) is 13.2 Å². The first kappa shape index (κ1) is 13.1. The van der Waals surface area contributed by atoms with Crippen molar-refractivity contribution < 1.29 is 13.2 Å². The van der Waals surface area contributed by atoms with E-state index in [4.69, 9.17) is 5.73 Å². The molecule has 14 heavy (non-hydrogen) atoms. The lowest BCUT2D eigenvalue weighted by Gasteiger charge is -2.25. The molecule has 0 radical (unpaired) electrons. The van der Waals surface area contributed by atoms with Gasteiger partial charge in [0.05, 0.1) is 5.69 Å². The zero-order valence-electron chi connectivity index (χ0n) is 7.25. The van der Waals surface area contributed by atoms with Crippen LogP contribution in [-0.2, 0) is 5.54 Å². The molecule has 0 spiro atoms. The molecule has 2 N–H and O–H groups in total. The van der Waals surface area contributed by atoms with Crippen molar-refractivity contribution in [2.45, 2.75) is 18.6 Å². The molecule has 0 saturated carbocycles. The average Bonchev–Trinajstić information content (AvgIpc) is 2.04. The second kappa shape index (κ2) is 4.10. The number of aromatic nitrogens is 2. The molecular weight excluding hydrogens is 219 g/mol. The lowest BCUT2D eigenvalue weighted by Crippen LogP contribution is -2.48. The third-order valence-corrected chi connectivity index (χ3v) is 1.69. The Hall–Kier alpha value is -0.880. The summed E-state index contributed by atoms with van der Waals surface area (Å²) >= 11 is 0. The van der Waals surface area contributed by atoms with E-state index in [1.54, 1.807) is 0 Å². The summed E-state index contributed by atoms with van der Waals surface area (Å²) in [6, 6.07) is 2.56. The standard InChI is InChI=1S/C7H8F3N3.ClH/c1-6(11,7(8,9)10)5-3-2-4-12-13-5;/h2-4H,11H2,1H3;1H. The summed E-state index contributed by atoms with van der Waals surface area (Å²) in [6.07, 6.45) is -3.24. The third kappa shape index (κ3) is 2.33. The maximum Gasteiger partial charge on any atom is 0.411 e. The molecular formula is C7H9ClF3N3. The van der Waals surface area contributed by atoms with Gasteiger partial charge in [0, 0.05) is 6.20 Å². The SMILES string of the molecule is CC(N)(c1cccnn1)C(F)(F)F.Cl. The largest absolute Gasteiger partial charge is 0.411 e. The van der Waals surface area contributed by atoms with E-state index in [1.165, 1.54) is 18.3 Å². The van der Waals surface area contributed by atoms with Gasteiger partial charge in [-0.2, -0.15) is 23.4 Å². The molecule has 0 aliphatic rings. The molecule has 1 heterocycles. The first-order chi connectivity index (χ1) is 5.86. The maximum atomic E-state index is 12.3. The lowest BCUT2D eigenvalue weighted by molar-refractivity contribution is -0.185. The second-order valence-corrected chi connectivity index (χ2v) is 2.81. The molecule has 0 amide bonds. The van der Waals surface area contributed by atoms with Gasteiger partial charge in [-0.3, -0.25) is 0 Å².